The zero-order chi connectivity index (χ0) is 15.5. The van der Waals surface area contributed by atoms with E-state index in [1.165, 1.54) is 0 Å². The van der Waals surface area contributed by atoms with Crippen molar-refractivity contribution in [3.05, 3.63) is 59.4 Å². The van der Waals surface area contributed by atoms with Gasteiger partial charge in [-0.15, -0.1) is 0 Å². The molecule has 3 rings (SSSR count). The number of aromatic amines is 1. The van der Waals surface area contributed by atoms with Gasteiger partial charge >= 0.3 is 0 Å². The molecule has 0 aliphatic carbocycles. The lowest BCUT2D eigenvalue weighted by atomic mass is 10.1. The number of hydrogen-bond acceptors (Lipinski definition) is 3. The van der Waals surface area contributed by atoms with Crippen molar-refractivity contribution in [2.24, 2.45) is 0 Å². The van der Waals surface area contributed by atoms with Gasteiger partial charge in [0.05, 0.1) is 23.7 Å². The van der Waals surface area contributed by atoms with Crippen molar-refractivity contribution in [3.63, 3.8) is 0 Å². The number of ether oxygens (including phenoxy) is 1. The largest absolute Gasteiger partial charge is 0.497 e. The number of benzene rings is 2. The molecule has 0 atom stereocenters. The molecule has 22 heavy (non-hydrogen) atoms. The van der Waals surface area contributed by atoms with Crippen molar-refractivity contribution < 1.29 is 4.74 Å². The van der Waals surface area contributed by atoms with Crippen LogP contribution in [0.25, 0.3) is 22.7 Å². The summed E-state index contributed by atoms with van der Waals surface area (Å²) in [6, 6.07) is 15.8. The Labute approximate surface area is 128 Å². The van der Waals surface area contributed by atoms with Crippen LogP contribution in [0, 0.1) is 18.3 Å². The van der Waals surface area contributed by atoms with Crippen LogP contribution in [0.15, 0.2) is 42.5 Å². The van der Waals surface area contributed by atoms with Crippen LogP contribution in [0.5, 0.6) is 5.75 Å². The number of aryl methyl sites for hydroxylation is 1. The molecule has 0 amide bonds. The molecule has 1 heterocycles. The smallest absolute Gasteiger partial charge is 0.149 e. The number of aromatic nitrogens is 2. The summed E-state index contributed by atoms with van der Waals surface area (Å²) in [4.78, 5) is 7.65. The lowest BCUT2D eigenvalue weighted by molar-refractivity contribution is 0.415. The number of nitriles is 1. The van der Waals surface area contributed by atoms with Gasteiger partial charge in [0.15, 0.2) is 0 Å². The lowest BCUT2D eigenvalue weighted by Gasteiger charge is -1.97. The van der Waals surface area contributed by atoms with Gasteiger partial charge < -0.3 is 9.72 Å². The van der Waals surface area contributed by atoms with E-state index in [9.17, 15) is 5.26 Å². The topological polar surface area (TPSA) is 61.7 Å². The van der Waals surface area contributed by atoms with Crippen LogP contribution >= 0.6 is 0 Å². The summed E-state index contributed by atoms with van der Waals surface area (Å²) in [5.41, 5.74) is 4.29. The van der Waals surface area contributed by atoms with Crippen LogP contribution in [0.3, 0.4) is 0 Å². The average Bonchev–Trinajstić information content (AvgIpc) is 2.95. The Balaban J connectivity index is 2.05. The number of H-pyrrole nitrogens is 1. The quantitative estimate of drug-likeness (QED) is 0.743. The average molecular weight is 289 g/mol. The minimum absolute atomic E-state index is 0.501. The molecule has 2 aromatic carbocycles. The second-order valence-corrected chi connectivity index (χ2v) is 5.05. The van der Waals surface area contributed by atoms with Gasteiger partial charge in [0, 0.05) is 6.07 Å². The summed E-state index contributed by atoms with van der Waals surface area (Å²) in [6.45, 7) is 2.02. The van der Waals surface area contributed by atoms with Gasteiger partial charge in [-0.2, -0.15) is 5.26 Å². The van der Waals surface area contributed by atoms with Crippen LogP contribution in [0.2, 0.25) is 0 Å². The van der Waals surface area contributed by atoms with Gasteiger partial charge in [0.2, 0.25) is 0 Å². The maximum Gasteiger partial charge on any atom is 0.149 e. The highest BCUT2D eigenvalue weighted by Gasteiger charge is 2.08. The van der Waals surface area contributed by atoms with Gasteiger partial charge in [-0.1, -0.05) is 29.8 Å². The van der Waals surface area contributed by atoms with Crippen molar-refractivity contribution in [3.8, 4) is 11.8 Å². The number of allylic oxidation sites excluding steroid dienone is 1. The summed E-state index contributed by atoms with van der Waals surface area (Å²) in [7, 11) is 1.62. The van der Waals surface area contributed by atoms with Crippen LogP contribution in [-0.2, 0) is 0 Å². The maximum absolute atomic E-state index is 9.43. The van der Waals surface area contributed by atoms with Gasteiger partial charge in [-0.25, -0.2) is 4.98 Å². The molecule has 108 valence electrons. The highest BCUT2D eigenvalue weighted by Crippen LogP contribution is 2.22. The summed E-state index contributed by atoms with van der Waals surface area (Å²) >= 11 is 0. The van der Waals surface area contributed by atoms with Gasteiger partial charge in [0.1, 0.15) is 17.6 Å². The van der Waals surface area contributed by atoms with E-state index >= 15 is 0 Å². The van der Waals surface area contributed by atoms with Crippen molar-refractivity contribution in [2.75, 3.05) is 7.11 Å². The standard InChI is InChI=1S/C18H15N3O/c1-12-4-3-5-13(8-12)9-14(11-19)18-20-16-7-6-15(22-2)10-17(16)21-18/h3-10H,1-2H3,(H,20,21)/b14-9-. The van der Waals surface area contributed by atoms with E-state index < -0.39 is 0 Å². The van der Waals surface area contributed by atoms with E-state index in [2.05, 4.69) is 16.0 Å². The number of hydrogen-bond donors (Lipinski definition) is 1. The molecule has 0 fully saturated rings. The highest BCUT2D eigenvalue weighted by molar-refractivity contribution is 5.90. The fraction of sp³-hybridized carbons (Fsp3) is 0.111. The van der Waals surface area contributed by atoms with Crippen LogP contribution in [-0.4, -0.2) is 17.1 Å². The maximum atomic E-state index is 9.43. The molecule has 4 heteroatoms. The SMILES string of the molecule is COc1ccc2nc(/C(C#N)=C\c3cccc(C)c3)[nH]c2c1. The zero-order valence-electron chi connectivity index (χ0n) is 12.4. The molecular formula is C18H15N3O. The first kappa shape index (κ1) is 13.9. The Morgan fingerprint density at radius 1 is 1.27 bits per heavy atom. The van der Waals surface area contributed by atoms with Gasteiger partial charge in [0.25, 0.3) is 0 Å². The van der Waals surface area contributed by atoms with Gasteiger partial charge in [-0.3, -0.25) is 0 Å². The van der Waals surface area contributed by atoms with E-state index in [0.717, 1.165) is 27.9 Å². The first-order chi connectivity index (χ1) is 10.7. The molecule has 0 aliphatic heterocycles. The minimum atomic E-state index is 0.501. The van der Waals surface area contributed by atoms with E-state index in [0.29, 0.717) is 11.4 Å². The third kappa shape index (κ3) is 2.70. The number of methoxy groups -OCH3 is 1. The molecule has 0 spiro atoms. The third-order valence-electron chi connectivity index (χ3n) is 3.42. The van der Waals surface area contributed by atoms with E-state index in [4.69, 9.17) is 4.74 Å². The molecule has 1 N–H and O–H groups in total. The molecule has 3 aromatic rings. The second kappa shape index (κ2) is 5.74. The first-order valence-corrected chi connectivity index (χ1v) is 6.92. The number of rotatable bonds is 3. The van der Waals surface area contributed by atoms with Crippen molar-refractivity contribution in [2.45, 2.75) is 6.92 Å². The number of fused-ring (bicyclic) bond motifs is 1. The lowest BCUT2D eigenvalue weighted by Crippen LogP contribution is -1.85. The van der Waals surface area contributed by atoms with Crippen molar-refractivity contribution in [1.29, 1.82) is 5.26 Å². The normalized spacial score (nSPS) is 11.4. The zero-order valence-corrected chi connectivity index (χ0v) is 12.4. The molecule has 1 aromatic heterocycles. The van der Waals surface area contributed by atoms with E-state index in [1.54, 1.807) is 7.11 Å². The molecule has 0 aliphatic rings. The fourth-order valence-corrected chi connectivity index (χ4v) is 2.32. The van der Waals surface area contributed by atoms with E-state index in [1.807, 2.05) is 55.5 Å². The third-order valence-corrected chi connectivity index (χ3v) is 3.42. The van der Waals surface area contributed by atoms with Crippen molar-refractivity contribution >= 4 is 22.7 Å². The van der Waals surface area contributed by atoms with Gasteiger partial charge in [-0.05, 0) is 30.7 Å². The first-order valence-electron chi connectivity index (χ1n) is 6.92. The van der Waals surface area contributed by atoms with Crippen LogP contribution in [0.1, 0.15) is 17.0 Å². The summed E-state index contributed by atoms with van der Waals surface area (Å²) in [6.07, 6.45) is 1.84. The number of nitrogens with one attached hydrogen (secondary N) is 1. The molecular weight excluding hydrogens is 274 g/mol. The summed E-state index contributed by atoms with van der Waals surface area (Å²) in [5.74, 6) is 1.32. The summed E-state index contributed by atoms with van der Waals surface area (Å²) in [5, 5.41) is 9.43. The summed E-state index contributed by atoms with van der Waals surface area (Å²) < 4.78 is 5.20. The van der Waals surface area contributed by atoms with Crippen LogP contribution in [0.4, 0.5) is 0 Å². The number of imidazole rings is 1. The Morgan fingerprint density at radius 2 is 2.14 bits per heavy atom. The highest BCUT2D eigenvalue weighted by atomic mass is 16.5. The predicted molar refractivity (Wildman–Crippen MR) is 87.3 cm³/mol. The Bertz CT molecular complexity index is 900. The van der Waals surface area contributed by atoms with Crippen molar-refractivity contribution in [1.82, 2.24) is 9.97 Å². The number of nitrogens with zero attached hydrogens (tertiary/aromatic N) is 2. The Hall–Kier alpha value is -3.06. The van der Waals surface area contributed by atoms with Crippen LogP contribution < -0.4 is 4.74 Å². The minimum Gasteiger partial charge on any atom is -0.497 e. The monoisotopic (exact) mass is 289 g/mol. The second-order valence-electron chi connectivity index (χ2n) is 5.05. The molecule has 0 unspecified atom stereocenters. The molecule has 0 saturated heterocycles. The fourth-order valence-electron chi connectivity index (χ4n) is 2.32. The molecule has 0 radical (unpaired) electrons. The Morgan fingerprint density at radius 3 is 2.86 bits per heavy atom. The Kier molecular flexibility index (Phi) is 3.63. The predicted octanol–water partition coefficient (Wildman–Crippen LogP) is 3.94. The molecule has 0 saturated carbocycles. The molecule has 0 bridgehead atoms. The molecule has 4 nitrogen and oxygen atoms in total. The van der Waals surface area contributed by atoms with E-state index in [-0.39, 0.29) is 0 Å².